The van der Waals surface area contributed by atoms with Gasteiger partial charge in [-0.25, -0.2) is 0 Å². The molecule has 28 heavy (non-hydrogen) atoms. The van der Waals surface area contributed by atoms with Crippen molar-refractivity contribution >= 4 is 29.1 Å². The molecule has 0 unspecified atom stereocenters. The van der Waals surface area contributed by atoms with Crippen molar-refractivity contribution in [3.8, 4) is 0 Å². The molecule has 0 aromatic carbocycles. The first-order valence-corrected chi connectivity index (χ1v) is 11.0. The van der Waals surface area contributed by atoms with Crippen LogP contribution in [0, 0.1) is 5.92 Å². The summed E-state index contributed by atoms with van der Waals surface area (Å²) >= 11 is 1.44. The summed E-state index contributed by atoms with van der Waals surface area (Å²) in [6, 6.07) is 3.71. The second-order valence-corrected chi connectivity index (χ2v) is 8.67. The van der Waals surface area contributed by atoms with Gasteiger partial charge >= 0.3 is 0 Å². The van der Waals surface area contributed by atoms with Gasteiger partial charge in [-0.3, -0.25) is 14.4 Å². The maximum Gasteiger partial charge on any atom is 0.263 e. The van der Waals surface area contributed by atoms with Gasteiger partial charge in [0, 0.05) is 45.9 Å². The molecule has 3 fully saturated rings. The standard InChI is InChI=1S/C20H27N3O4S/c24-18(15-4-1-7-23(14-15)20(26)17-6-3-13-28-17)21-8-10-22(11-9-21)19(25)16-5-2-12-27-16/h3,6,13,15-16H,1-2,4-5,7-12,14H2/t15-,16+/m1/s1. The normalized spacial score (nSPS) is 25.8. The molecular formula is C20H27N3O4S. The van der Waals surface area contributed by atoms with Crippen molar-refractivity contribution in [1.29, 1.82) is 0 Å². The number of hydrogen-bond acceptors (Lipinski definition) is 5. The molecular weight excluding hydrogens is 378 g/mol. The van der Waals surface area contributed by atoms with Crippen LogP contribution in [0.5, 0.6) is 0 Å². The number of thiophene rings is 1. The summed E-state index contributed by atoms with van der Waals surface area (Å²) in [5.41, 5.74) is 0. The second kappa shape index (κ2) is 8.61. The summed E-state index contributed by atoms with van der Waals surface area (Å²) in [5, 5.41) is 1.90. The van der Waals surface area contributed by atoms with Crippen LogP contribution in [-0.4, -0.2) is 84.4 Å². The summed E-state index contributed by atoms with van der Waals surface area (Å²) < 4.78 is 5.49. The summed E-state index contributed by atoms with van der Waals surface area (Å²) in [6.45, 7) is 4.12. The van der Waals surface area contributed by atoms with E-state index in [-0.39, 0.29) is 29.7 Å². The Morgan fingerprint density at radius 3 is 2.32 bits per heavy atom. The molecule has 1 aromatic heterocycles. The number of ether oxygens (including phenoxy) is 1. The van der Waals surface area contributed by atoms with Gasteiger partial charge in [0.25, 0.3) is 11.8 Å². The summed E-state index contributed by atoms with van der Waals surface area (Å²) in [6.07, 6.45) is 3.12. The zero-order chi connectivity index (χ0) is 19.5. The number of carbonyl (C=O) groups excluding carboxylic acids is 3. The Labute approximate surface area is 169 Å². The molecule has 3 aliphatic rings. The van der Waals surface area contributed by atoms with E-state index in [1.807, 2.05) is 32.2 Å². The molecule has 0 radical (unpaired) electrons. The zero-order valence-electron chi connectivity index (χ0n) is 16.0. The van der Waals surface area contributed by atoms with Gasteiger partial charge < -0.3 is 19.4 Å². The third-order valence-electron chi connectivity index (χ3n) is 5.90. The van der Waals surface area contributed by atoms with Gasteiger partial charge in [-0.2, -0.15) is 0 Å². The number of hydrogen-bond donors (Lipinski definition) is 0. The van der Waals surface area contributed by atoms with Gasteiger partial charge in [-0.05, 0) is 37.1 Å². The van der Waals surface area contributed by atoms with Gasteiger partial charge in [-0.15, -0.1) is 11.3 Å². The number of carbonyl (C=O) groups is 3. The third kappa shape index (κ3) is 4.07. The molecule has 2 atom stereocenters. The zero-order valence-corrected chi connectivity index (χ0v) is 16.9. The van der Waals surface area contributed by atoms with Gasteiger partial charge in [0.05, 0.1) is 10.8 Å². The maximum atomic E-state index is 13.0. The number of nitrogens with zero attached hydrogens (tertiary/aromatic N) is 3. The molecule has 0 bridgehead atoms. The molecule has 152 valence electrons. The van der Waals surface area contributed by atoms with Gasteiger partial charge in [-0.1, -0.05) is 6.07 Å². The first-order chi connectivity index (χ1) is 13.6. The highest BCUT2D eigenvalue weighted by Crippen LogP contribution is 2.23. The van der Waals surface area contributed by atoms with Crippen LogP contribution in [0.2, 0.25) is 0 Å². The monoisotopic (exact) mass is 405 g/mol. The first-order valence-electron chi connectivity index (χ1n) is 10.2. The second-order valence-electron chi connectivity index (χ2n) is 7.72. The molecule has 0 N–H and O–H groups in total. The largest absolute Gasteiger partial charge is 0.368 e. The van der Waals surface area contributed by atoms with Crippen LogP contribution in [0.15, 0.2) is 17.5 Å². The fourth-order valence-corrected chi connectivity index (χ4v) is 4.99. The Morgan fingerprint density at radius 1 is 0.929 bits per heavy atom. The van der Waals surface area contributed by atoms with E-state index in [0.29, 0.717) is 45.9 Å². The van der Waals surface area contributed by atoms with Crippen LogP contribution in [0.25, 0.3) is 0 Å². The number of rotatable bonds is 3. The van der Waals surface area contributed by atoms with Gasteiger partial charge in [0.15, 0.2) is 0 Å². The molecule has 3 amide bonds. The van der Waals surface area contributed by atoms with E-state index in [2.05, 4.69) is 0 Å². The van der Waals surface area contributed by atoms with E-state index >= 15 is 0 Å². The van der Waals surface area contributed by atoms with E-state index in [1.165, 1.54) is 11.3 Å². The Kier molecular flexibility index (Phi) is 5.96. The van der Waals surface area contributed by atoms with Crippen molar-refractivity contribution in [1.82, 2.24) is 14.7 Å². The molecule has 7 nitrogen and oxygen atoms in total. The Morgan fingerprint density at radius 2 is 1.68 bits per heavy atom. The van der Waals surface area contributed by atoms with Crippen LogP contribution in [0.1, 0.15) is 35.4 Å². The van der Waals surface area contributed by atoms with Gasteiger partial charge in [0.2, 0.25) is 5.91 Å². The first kappa shape index (κ1) is 19.4. The maximum absolute atomic E-state index is 13.0. The summed E-state index contributed by atoms with van der Waals surface area (Å²) in [5.74, 6) is 0.0699. The number of amides is 3. The fourth-order valence-electron chi connectivity index (χ4n) is 4.30. The molecule has 1 aromatic rings. The van der Waals surface area contributed by atoms with Crippen LogP contribution in [0.3, 0.4) is 0 Å². The van der Waals surface area contributed by atoms with E-state index in [9.17, 15) is 14.4 Å². The average Bonchev–Trinajstić information content (AvgIpc) is 3.47. The van der Waals surface area contributed by atoms with Crippen molar-refractivity contribution in [3.05, 3.63) is 22.4 Å². The van der Waals surface area contributed by atoms with Crippen molar-refractivity contribution in [2.45, 2.75) is 31.8 Å². The Balaban J connectivity index is 1.30. The number of likely N-dealkylation sites (tertiary alicyclic amines) is 1. The SMILES string of the molecule is O=C(c1cccs1)N1CCC[C@@H](C(=O)N2CCN(C(=O)[C@@H]3CCCO3)CC2)C1. The highest BCUT2D eigenvalue weighted by molar-refractivity contribution is 7.12. The highest BCUT2D eigenvalue weighted by atomic mass is 32.1. The van der Waals surface area contributed by atoms with Crippen LogP contribution in [-0.2, 0) is 14.3 Å². The van der Waals surface area contributed by atoms with E-state index in [1.54, 1.807) is 0 Å². The number of piperidine rings is 1. The molecule has 0 spiro atoms. The van der Waals surface area contributed by atoms with Crippen LogP contribution < -0.4 is 0 Å². The predicted octanol–water partition coefficient (Wildman–Crippen LogP) is 1.45. The quantitative estimate of drug-likeness (QED) is 0.763. The lowest BCUT2D eigenvalue weighted by Gasteiger charge is -2.39. The molecule has 0 saturated carbocycles. The highest BCUT2D eigenvalue weighted by Gasteiger charge is 2.35. The van der Waals surface area contributed by atoms with E-state index < -0.39 is 0 Å². The van der Waals surface area contributed by atoms with Gasteiger partial charge in [0.1, 0.15) is 6.10 Å². The minimum Gasteiger partial charge on any atom is -0.368 e. The minimum atomic E-state index is -0.294. The lowest BCUT2D eigenvalue weighted by molar-refractivity contribution is -0.147. The van der Waals surface area contributed by atoms with Crippen molar-refractivity contribution < 1.29 is 19.1 Å². The summed E-state index contributed by atoms with van der Waals surface area (Å²) in [4.78, 5) is 44.3. The fraction of sp³-hybridized carbons (Fsp3) is 0.650. The van der Waals surface area contributed by atoms with Crippen molar-refractivity contribution in [2.75, 3.05) is 45.9 Å². The molecule has 3 aliphatic heterocycles. The van der Waals surface area contributed by atoms with E-state index in [4.69, 9.17) is 4.74 Å². The van der Waals surface area contributed by atoms with Crippen molar-refractivity contribution in [3.63, 3.8) is 0 Å². The minimum absolute atomic E-state index is 0.0273. The smallest absolute Gasteiger partial charge is 0.263 e. The predicted molar refractivity (Wildman–Crippen MR) is 105 cm³/mol. The molecule has 8 heteroatoms. The third-order valence-corrected chi connectivity index (χ3v) is 6.76. The van der Waals surface area contributed by atoms with E-state index in [0.717, 1.165) is 30.6 Å². The molecule has 0 aliphatic carbocycles. The molecule has 4 rings (SSSR count). The Hall–Kier alpha value is -1.93. The topological polar surface area (TPSA) is 70.2 Å². The molecule has 4 heterocycles. The lowest BCUT2D eigenvalue weighted by atomic mass is 9.96. The number of piperazine rings is 1. The molecule has 3 saturated heterocycles. The van der Waals surface area contributed by atoms with Crippen LogP contribution >= 0.6 is 11.3 Å². The van der Waals surface area contributed by atoms with Crippen LogP contribution in [0.4, 0.5) is 0 Å². The van der Waals surface area contributed by atoms with Crippen molar-refractivity contribution in [2.24, 2.45) is 5.92 Å². The average molecular weight is 406 g/mol. The summed E-state index contributed by atoms with van der Waals surface area (Å²) in [7, 11) is 0. The lowest BCUT2D eigenvalue weighted by Crippen LogP contribution is -2.55. The Bertz CT molecular complexity index is 709.